The highest BCUT2D eigenvalue weighted by Gasteiger charge is 2.22. The second kappa shape index (κ2) is 8.20. The Morgan fingerprint density at radius 1 is 0.800 bits per heavy atom. The van der Waals surface area contributed by atoms with Crippen molar-refractivity contribution in [3.05, 3.63) is 109 Å². The number of anilines is 1. The summed E-state index contributed by atoms with van der Waals surface area (Å²) in [5.41, 5.74) is 3.52. The van der Waals surface area contributed by atoms with Crippen molar-refractivity contribution < 1.29 is 4.74 Å². The molecule has 2 unspecified atom stereocenters. The highest BCUT2D eigenvalue weighted by molar-refractivity contribution is 5.50. The van der Waals surface area contributed by atoms with Gasteiger partial charge in [0.25, 0.3) is 0 Å². The van der Waals surface area contributed by atoms with Crippen LogP contribution in [0.25, 0.3) is 0 Å². The fourth-order valence-corrected chi connectivity index (χ4v) is 3.05. The van der Waals surface area contributed by atoms with Crippen LogP contribution in [-0.4, -0.2) is 7.11 Å². The maximum atomic E-state index is 5.25. The van der Waals surface area contributed by atoms with Gasteiger partial charge >= 0.3 is 0 Å². The lowest BCUT2D eigenvalue weighted by Gasteiger charge is -2.28. The Morgan fingerprint density at radius 2 is 1.36 bits per heavy atom. The van der Waals surface area contributed by atoms with Crippen molar-refractivity contribution >= 4 is 5.69 Å². The molecular formula is C23H23NO. The molecule has 2 heteroatoms. The Kier molecular flexibility index (Phi) is 5.53. The number of nitrogens with one attached hydrogen (secondary N) is 1. The summed E-state index contributed by atoms with van der Waals surface area (Å²) in [7, 11) is 1.68. The molecule has 0 bridgehead atoms. The van der Waals surface area contributed by atoms with Crippen molar-refractivity contribution in [2.75, 3.05) is 12.4 Å². The Balaban J connectivity index is 1.95. The Bertz CT molecular complexity index is 781. The van der Waals surface area contributed by atoms with E-state index < -0.39 is 0 Å². The maximum Gasteiger partial charge on any atom is 0.119 e. The predicted octanol–water partition coefficient (Wildman–Crippen LogP) is 5.82. The van der Waals surface area contributed by atoms with Gasteiger partial charge in [0.2, 0.25) is 0 Å². The van der Waals surface area contributed by atoms with Gasteiger partial charge in [0.1, 0.15) is 5.75 Å². The molecule has 0 spiro atoms. The van der Waals surface area contributed by atoms with Gasteiger partial charge in [-0.05, 0) is 35.4 Å². The van der Waals surface area contributed by atoms with E-state index in [2.05, 4.69) is 60.4 Å². The van der Waals surface area contributed by atoms with Crippen LogP contribution in [0.2, 0.25) is 0 Å². The molecule has 0 heterocycles. The van der Waals surface area contributed by atoms with Gasteiger partial charge in [0.05, 0.1) is 13.2 Å². The van der Waals surface area contributed by atoms with Crippen LogP contribution < -0.4 is 10.1 Å². The molecular weight excluding hydrogens is 306 g/mol. The van der Waals surface area contributed by atoms with Gasteiger partial charge in [-0.1, -0.05) is 66.7 Å². The minimum Gasteiger partial charge on any atom is -0.497 e. The van der Waals surface area contributed by atoms with Gasteiger partial charge in [-0.25, -0.2) is 0 Å². The van der Waals surface area contributed by atoms with Gasteiger partial charge in [-0.2, -0.15) is 0 Å². The van der Waals surface area contributed by atoms with E-state index in [1.807, 2.05) is 42.5 Å². The van der Waals surface area contributed by atoms with Crippen LogP contribution in [0.15, 0.2) is 97.6 Å². The SMILES string of the molecule is C=CC(c1ccccc1)C(Nc1ccc(OC)cc1)c1ccccc1. The van der Waals surface area contributed by atoms with E-state index in [-0.39, 0.29) is 12.0 Å². The lowest BCUT2D eigenvalue weighted by atomic mass is 9.87. The topological polar surface area (TPSA) is 21.3 Å². The van der Waals surface area contributed by atoms with Crippen LogP contribution in [0, 0.1) is 0 Å². The first kappa shape index (κ1) is 16.8. The summed E-state index contributed by atoms with van der Waals surface area (Å²) in [6.07, 6.45) is 2.02. The van der Waals surface area contributed by atoms with Gasteiger partial charge in [0.15, 0.2) is 0 Å². The summed E-state index contributed by atoms with van der Waals surface area (Å²) in [6.45, 7) is 4.09. The van der Waals surface area contributed by atoms with Crippen molar-refractivity contribution in [1.82, 2.24) is 0 Å². The van der Waals surface area contributed by atoms with Gasteiger partial charge in [-0.3, -0.25) is 0 Å². The third-order valence-corrected chi connectivity index (χ3v) is 4.37. The molecule has 0 amide bonds. The zero-order valence-electron chi connectivity index (χ0n) is 14.4. The van der Waals surface area contributed by atoms with Crippen LogP contribution in [-0.2, 0) is 0 Å². The van der Waals surface area contributed by atoms with Crippen LogP contribution in [0.1, 0.15) is 23.1 Å². The number of benzene rings is 3. The normalized spacial score (nSPS) is 12.8. The molecule has 3 rings (SSSR count). The average Bonchev–Trinajstić information content (AvgIpc) is 2.70. The van der Waals surface area contributed by atoms with E-state index in [1.165, 1.54) is 11.1 Å². The number of hydrogen-bond donors (Lipinski definition) is 1. The van der Waals surface area contributed by atoms with E-state index in [0.717, 1.165) is 11.4 Å². The first-order chi connectivity index (χ1) is 12.3. The summed E-state index contributed by atoms with van der Waals surface area (Å²) in [4.78, 5) is 0. The van der Waals surface area contributed by atoms with E-state index in [1.54, 1.807) is 7.11 Å². The Labute approximate surface area is 149 Å². The maximum absolute atomic E-state index is 5.25. The molecule has 0 aliphatic carbocycles. The molecule has 0 saturated carbocycles. The summed E-state index contributed by atoms with van der Waals surface area (Å²) in [5.74, 6) is 1.01. The van der Waals surface area contributed by atoms with Crippen molar-refractivity contribution in [1.29, 1.82) is 0 Å². The van der Waals surface area contributed by atoms with Gasteiger partial charge < -0.3 is 10.1 Å². The fraction of sp³-hybridized carbons (Fsp3) is 0.130. The van der Waals surface area contributed by atoms with Crippen LogP contribution >= 0.6 is 0 Å². The smallest absolute Gasteiger partial charge is 0.119 e. The van der Waals surface area contributed by atoms with E-state index in [4.69, 9.17) is 4.74 Å². The fourth-order valence-electron chi connectivity index (χ4n) is 3.05. The Morgan fingerprint density at radius 3 is 1.88 bits per heavy atom. The van der Waals surface area contributed by atoms with Crippen LogP contribution in [0.5, 0.6) is 5.75 Å². The summed E-state index contributed by atoms with van der Waals surface area (Å²) < 4.78 is 5.25. The summed E-state index contributed by atoms with van der Waals surface area (Å²) in [5, 5.41) is 3.67. The number of ether oxygens (including phenoxy) is 1. The minimum atomic E-state index is 0.0921. The highest BCUT2D eigenvalue weighted by Crippen LogP contribution is 2.35. The first-order valence-corrected chi connectivity index (χ1v) is 8.45. The lowest BCUT2D eigenvalue weighted by Crippen LogP contribution is -2.18. The molecule has 0 saturated heterocycles. The standard InChI is InChI=1S/C23H23NO/c1-3-22(18-10-6-4-7-11-18)23(19-12-8-5-9-13-19)24-20-14-16-21(25-2)17-15-20/h3-17,22-24H,1H2,2H3. The predicted molar refractivity (Wildman–Crippen MR) is 105 cm³/mol. The second-order valence-electron chi connectivity index (χ2n) is 5.93. The molecule has 0 fully saturated rings. The third kappa shape index (κ3) is 4.10. The molecule has 3 aromatic rings. The van der Waals surface area contributed by atoms with E-state index in [9.17, 15) is 0 Å². The number of hydrogen-bond acceptors (Lipinski definition) is 2. The molecule has 0 aromatic heterocycles. The lowest BCUT2D eigenvalue weighted by molar-refractivity contribution is 0.415. The van der Waals surface area contributed by atoms with Crippen molar-refractivity contribution in [2.45, 2.75) is 12.0 Å². The molecule has 25 heavy (non-hydrogen) atoms. The molecule has 0 radical (unpaired) electrons. The van der Waals surface area contributed by atoms with E-state index >= 15 is 0 Å². The average molecular weight is 329 g/mol. The van der Waals surface area contributed by atoms with Crippen molar-refractivity contribution in [2.24, 2.45) is 0 Å². The molecule has 0 aliphatic rings. The van der Waals surface area contributed by atoms with Crippen molar-refractivity contribution in [3.8, 4) is 5.75 Å². The zero-order chi connectivity index (χ0) is 17.5. The van der Waals surface area contributed by atoms with Gasteiger partial charge in [-0.15, -0.1) is 6.58 Å². The van der Waals surface area contributed by atoms with Crippen LogP contribution in [0.3, 0.4) is 0 Å². The molecule has 2 nitrogen and oxygen atoms in total. The summed E-state index contributed by atoms with van der Waals surface area (Å²) in [6, 6.07) is 29.1. The highest BCUT2D eigenvalue weighted by atomic mass is 16.5. The molecule has 3 aromatic carbocycles. The number of methoxy groups -OCH3 is 1. The zero-order valence-corrected chi connectivity index (χ0v) is 14.4. The van der Waals surface area contributed by atoms with Crippen molar-refractivity contribution in [3.63, 3.8) is 0 Å². The van der Waals surface area contributed by atoms with Crippen LogP contribution in [0.4, 0.5) is 5.69 Å². The monoisotopic (exact) mass is 329 g/mol. The molecule has 126 valence electrons. The second-order valence-corrected chi connectivity index (χ2v) is 5.93. The third-order valence-electron chi connectivity index (χ3n) is 4.37. The quantitative estimate of drug-likeness (QED) is 0.552. The Hall–Kier alpha value is -3.00. The molecule has 2 atom stereocenters. The molecule has 1 N–H and O–H groups in total. The van der Waals surface area contributed by atoms with Gasteiger partial charge in [0, 0.05) is 11.6 Å². The largest absolute Gasteiger partial charge is 0.497 e. The first-order valence-electron chi connectivity index (χ1n) is 8.45. The molecule has 0 aliphatic heterocycles. The minimum absolute atomic E-state index is 0.0921. The number of rotatable bonds is 7. The van der Waals surface area contributed by atoms with E-state index in [0.29, 0.717) is 0 Å². The summed E-state index contributed by atoms with van der Waals surface area (Å²) >= 11 is 0.